The maximum Gasteiger partial charge on any atom is 0.342 e. The predicted octanol–water partition coefficient (Wildman–Crippen LogP) is 4.19. The number of hydrogen-bond acceptors (Lipinski definition) is 4. The third-order valence-electron chi connectivity index (χ3n) is 5.28. The number of aryl methyl sites for hydroxylation is 2. The zero-order chi connectivity index (χ0) is 21.8. The molecule has 0 amide bonds. The van der Waals surface area contributed by atoms with Gasteiger partial charge in [-0.05, 0) is 39.3 Å². The summed E-state index contributed by atoms with van der Waals surface area (Å²) in [5, 5.41) is 4.48. The van der Waals surface area contributed by atoms with E-state index in [0.29, 0.717) is 29.9 Å². The SMILES string of the molecule is C=CCn1c(C)cc(C(=O)COC(=O)c2c(C)nn(Cc3ccccc3)c2C)c1C. The molecule has 0 unspecified atom stereocenters. The molecule has 0 spiro atoms. The highest BCUT2D eigenvalue weighted by molar-refractivity contribution is 6.00. The summed E-state index contributed by atoms with van der Waals surface area (Å²) in [4.78, 5) is 25.4. The molecule has 0 atom stereocenters. The second-order valence-corrected chi connectivity index (χ2v) is 7.37. The van der Waals surface area contributed by atoms with Crippen LogP contribution in [-0.4, -0.2) is 32.7 Å². The first-order valence-corrected chi connectivity index (χ1v) is 9.89. The van der Waals surface area contributed by atoms with Gasteiger partial charge in [0.25, 0.3) is 0 Å². The Labute approximate surface area is 176 Å². The number of hydrogen-bond donors (Lipinski definition) is 0. The fourth-order valence-corrected chi connectivity index (χ4v) is 3.68. The van der Waals surface area contributed by atoms with E-state index in [9.17, 15) is 9.59 Å². The highest BCUT2D eigenvalue weighted by Gasteiger charge is 2.22. The summed E-state index contributed by atoms with van der Waals surface area (Å²) in [6.45, 7) is 12.1. The van der Waals surface area contributed by atoms with Gasteiger partial charge in [0.2, 0.25) is 5.78 Å². The molecule has 0 aliphatic rings. The molecule has 0 saturated carbocycles. The first kappa shape index (κ1) is 21.3. The number of allylic oxidation sites excluding steroid dienone is 1. The van der Waals surface area contributed by atoms with Gasteiger partial charge in [-0.2, -0.15) is 5.10 Å². The highest BCUT2D eigenvalue weighted by Crippen LogP contribution is 2.18. The second-order valence-electron chi connectivity index (χ2n) is 7.37. The Morgan fingerprint density at radius 1 is 1.10 bits per heavy atom. The Morgan fingerprint density at radius 2 is 1.80 bits per heavy atom. The van der Waals surface area contributed by atoms with Crippen molar-refractivity contribution < 1.29 is 14.3 Å². The van der Waals surface area contributed by atoms with Crippen molar-refractivity contribution in [2.24, 2.45) is 0 Å². The molecule has 2 heterocycles. The summed E-state index contributed by atoms with van der Waals surface area (Å²) in [7, 11) is 0. The average molecular weight is 405 g/mol. The quantitative estimate of drug-likeness (QED) is 0.320. The fraction of sp³-hybridized carbons (Fsp3) is 0.292. The van der Waals surface area contributed by atoms with Crippen molar-refractivity contribution in [1.82, 2.24) is 14.3 Å². The van der Waals surface area contributed by atoms with Crippen LogP contribution in [0.4, 0.5) is 0 Å². The van der Waals surface area contributed by atoms with Gasteiger partial charge >= 0.3 is 5.97 Å². The molecule has 0 fully saturated rings. The van der Waals surface area contributed by atoms with Gasteiger partial charge in [0.15, 0.2) is 6.61 Å². The van der Waals surface area contributed by atoms with Crippen molar-refractivity contribution in [2.45, 2.75) is 40.8 Å². The molecule has 0 N–H and O–H groups in total. The van der Waals surface area contributed by atoms with Crippen molar-refractivity contribution in [1.29, 1.82) is 0 Å². The lowest BCUT2D eigenvalue weighted by Crippen LogP contribution is -2.16. The number of esters is 1. The zero-order valence-corrected chi connectivity index (χ0v) is 17.9. The third kappa shape index (κ3) is 4.27. The van der Waals surface area contributed by atoms with Crippen LogP contribution in [0.1, 0.15) is 49.1 Å². The van der Waals surface area contributed by atoms with Gasteiger partial charge in [0.05, 0.1) is 17.9 Å². The number of aromatic nitrogens is 3. The molecule has 1 aromatic carbocycles. The van der Waals surface area contributed by atoms with Gasteiger partial charge in [0.1, 0.15) is 5.56 Å². The Kier molecular flexibility index (Phi) is 6.35. The van der Waals surface area contributed by atoms with Crippen LogP contribution in [0.2, 0.25) is 0 Å². The molecule has 6 heteroatoms. The summed E-state index contributed by atoms with van der Waals surface area (Å²) in [6.07, 6.45) is 1.78. The summed E-state index contributed by atoms with van der Waals surface area (Å²) in [5.41, 5.74) is 5.19. The Hall–Kier alpha value is -3.41. The lowest BCUT2D eigenvalue weighted by molar-refractivity contribution is 0.0473. The van der Waals surface area contributed by atoms with Gasteiger partial charge in [-0.15, -0.1) is 6.58 Å². The summed E-state index contributed by atoms with van der Waals surface area (Å²) in [5.74, 6) is -0.753. The maximum atomic E-state index is 12.7. The number of ether oxygens (including phenoxy) is 1. The number of Topliss-reactive ketones (excluding diaryl/α,β-unsaturated/α-hetero) is 1. The predicted molar refractivity (Wildman–Crippen MR) is 116 cm³/mol. The monoisotopic (exact) mass is 405 g/mol. The van der Waals surface area contributed by atoms with Crippen molar-refractivity contribution in [3.8, 4) is 0 Å². The van der Waals surface area contributed by atoms with Crippen LogP contribution in [0.5, 0.6) is 0 Å². The molecule has 3 aromatic rings. The Balaban J connectivity index is 1.72. The molecule has 2 aromatic heterocycles. The molecule has 0 bridgehead atoms. The smallest absolute Gasteiger partial charge is 0.342 e. The van der Waals surface area contributed by atoms with Gasteiger partial charge < -0.3 is 9.30 Å². The number of carbonyl (C=O) groups is 2. The summed E-state index contributed by atoms with van der Waals surface area (Å²) >= 11 is 0. The lowest BCUT2D eigenvalue weighted by Gasteiger charge is -2.08. The molecular weight excluding hydrogens is 378 g/mol. The zero-order valence-electron chi connectivity index (χ0n) is 17.9. The highest BCUT2D eigenvalue weighted by atomic mass is 16.5. The van der Waals surface area contributed by atoms with E-state index in [1.54, 1.807) is 17.7 Å². The van der Waals surface area contributed by atoms with E-state index in [4.69, 9.17) is 4.74 Å². The standard InChI is InChI=1S/C24H27N3O3/c1-6-12-26-16(2)13-21(18(26)4)22(28)15-30-24(29)23-17(3)25-27(19(23)5)14-20-10-8-7-9-11-20/h6-11,13H,1,12,14-15H2,2-5H3. The molecule has 30 heavy (non-hydrogen) atoms. The van der Waals surface area contributed by atoms with Crippen LogP contribution in [0, 0.1) is 27.7 Å². The van der Waals surface area contributed by atoms with E-state index in [-0.39, 0.29) is 12.4 Å². The van der Waals surface area contributed by atoms with E-state index in [2.05, 4.69) is 11.7 Å². The maximum absolute atomic E-state index is 12.7. The van der Waals surface area contributed by atoms with Gasteiger partial charge in [-0.1, -0.05) is 36.4 Å². The minimum atomic E-state index is -0.530. The van der Waals surface area contributed by atoms with Crippen LogP contribution in [0.3, 0.4) is 0 Å². The molecule has 3 rings (SSSR count). The van der Waals surface area contributed by atoms with Crippen molar-refractivity contribution >= 4 is 11.8 Å². The van der Waals surface area contributed by atoms with E-state index in [1.807, 2.05) is 61.7 Å². The van der Waals surface area contributed by atoms with Crippen LogP contribution in [0.25, 0.3) is 0 Å². The Bertz CT molecular complexity index is 1090. The molecule has 156 valence electrons. The average Bonchev–Trinajstić information content (AvgIpc) is 3.16. The Morgan fingerprint density at radius 3 is 2.47 bits per heavy atom. The molecule has 0 radical (unpaired) electrons. The third-order valence-corrected chi connectivity index (χ3v) is 5.28. The molecule has 0 aliphatic carbocycles. The van der Waals surface area contributed by atoms with Gasteiger partial charge in [0, 0.05) is 23.5 Å². The first-order chi connectivity index (χ1) is 14.3. The van der Waals surface area contributed by atoms with Gasteiger partial charge in [-0.25, -0.2) is 4.79 Å². The normalized spacial score (nSPS) is 10.8. The van der Waals surface area contributed by atoms with Crippen LogP contribution < -0.4 is 0 Å². The van der Waals surface area contributed by atoms with Crippen molar-refractivity contribution in [2.75, 3.05) is 6.61 Å². The van der Waals surface area contributed by atoms with Crippen molar-refractivity contribution in [3.63, 3.8) is 0 Å². The van der Waals surface area contributed by atoms with Crippen LogP contribution >= 0.6 is 0 Å². The van der Waals surface area contributed by atoms with E-state index in [0.717, 1.165) is 22.6 Å². The number of rotatable bonds is 8. The molecule has 0 aliphatic heterocycles. The largest absolute Gasteiger partial charge is 0.454 e. The summed E-state index contributed by atoms with van der Waals surface area (Å²) in [6, 6.07) is 11.7. The number of benzene rings is 1. The van der Waals surface area contributed by atoms with Crippen molar-refractivity contribution in [3.05, 3.63) is 88.5 Å². The summed E-state index contributed by atoms with van der Waals surface area (Å²) < 4.78 is 9.15. The first-order valence-electron chi connectivity index (χ1n) is 9.89. The van der Waals surface area contributed by atoms with Gasteiger partial charge in [-0.3, -0.25) is 9.48 Å². The number of ketones is 1. The van der Waals surface area contributed by atoms with Crippen LogP contribution in [-0.2, 0) is 17.8 Å². The van der Waals surface area contributed by atoms with Crippen LogP contribution in [0.15, 0.2) is 49.1 Å². The number of nitrogens with zero attached hydrogens (tertiary/aromatic N) is 3. The topological polar surface area (TPSA) is 66.1 Å². The molecule has 0 saturated heterocycles. The second kappa shape index (κ2) is 8.95. The number of carbonyl (C=O) groups excluding carboxylic acids is 2. The minimum Gasteiger partial charge on any atom is -0.454 e. The fourth-order valence-electron chi connectivity index (χ4n) is 3.68. The van der Waals surface area contributed by atoms with E-state index < -0.39 is 5.97 Å². The van der Waals surface area contributed by atoms with E-state index >= 15 is 0 Å². The molecule has 6 nitrogen and oxygen atoms in total. The lowest BCUT2D eigenvalue weighted by atomic mass is 10.1. The minimum absolute atomic E-state index is 0.223. The van der Waals surface area contributed by atoms with E-state index in [1.165, 1.54) is 0 Å². The molecular formula is C24H27N3O3.